The minimum atomic E-state index is -0.796. The van der Waals surface area contributed by atoms with Crippen molar-refractivity contribution in [2.75, 3.05) is 14.1 Å². The van der Waals surface area contributed by atoms with Crippen LogP contribution in [0.15, 0.2) is 30.3 Å². The molecule has 2 unspecified atom stereocenters. The lowest BCUT2D eigenvalue weighted by Crippen LogP contribution is -2.46. The Hall–Kier alpha value is -2.35. The Bertz CT molecular complexity index is 506. The van der Waals surface area contributed by atoms with Crippen LogP contribution < -0.4 is 5.32 Å². The van der Waals surface area contributed by atoms with Crippen molar-refractivity contribution in [3.63, 3.8) is 0 Å². The van der Waals surface area contributed by atoms with E-state index < -0.39 is 17.9 Å². The number of hydrogen-bond acceptors (Lipinski definition) is 3. The molecule has 0 saturated heterocycles. The molecule has 106 valence electrons. The molecule has 1 rings (SSSR count). The summed E-state index contributed by atoms with van der Waals surface area (Å²) in [5, 5.41) is 11.7. The quantitative estimate of drug-likeness (QED) is 0.868. The first-order valence-electron chi connectivity index (χ1n) is 6.40. The monoisotopic (exact) mass is 273 g/mol. The van der Waals surface area contributed by atoms with Gasteiger partial charge < -0.3 is 10.2 Å². The summed E-state index contributed by atoms with van der Waals surface area (Å²) >= 11 is 0. The number of nitrogens with zero attached hydrogens (tertiary/aromatic N) is 2. The van der Waals surface area contributed by atoms with Gasteiger partial charge in [0.2, 0.25) is 11.8 Å². The second kappa shape index (κ2) is 7.29. The van der Waals surface area contributed by atoms with Crippen LogP contribution >= 0.6 is 0 Å². The van der Waals surface area contributed by atoms with Crippen molar-refractivity contribution >= 4 is 11.8 Å². The Morgan fingerprint density at radius 3 is 2.40 bits per heavy atom. The summed E-state index contributed by atoms with van der Waals surface area (Å²) in [6.07, 6.45) is 0.339. The lowest BCUT2D eigenvalue weighted by atomic mass is 9.99. The molecule has 1 aromatic rings. The van der Waals surface area contributed by atoms with Crippen LogP contribution in [-0.4, -0.2) is 36.9 Å². The zero-order valence-corrected chi connectivity index (χ0v) is 12.0. The van der Waals surface area contributed by atoms with Crippen LogP contribution in [0.25, 0.3) is 0 Å². The van der Waals surface area contributed by atoms with Crippen molar-refractivity contribution in [1.29, 1.82) is 5.26 Å². The lowest BCUT2D eigenvalue weighted by Gasteiger charge is -2.19. The summed E-state index contributed by atoms with van der Waals surface area (Å²) in [5.74, 6) is -1.41. The van der Waals surface area contributed by atoms with Gasteiger partial charge in [-0.2, -0.15) is 5.26 Å². The molecule has 0 heterocycles. The first-order valence-corrected chi connectivity index (χ1v) is 6.40. The second-order valence-corrected chi connectivity index (χ2v) is 4.83. The maximum absolute atomic E-state index is 12.0. The Kier molecular flexibility index (Phi) is 5.73. The smallest absolute Gasteiger partial charge is 0.244 e. The Balaban J connectivity index is 2.65. The number of hydrogen-bond donors (Lipinski definition) is 1. The molecule has 5 heteroatoms. The number of benzene rings is 1. The molecule has 0 aliphatic carbocycles. The van der Waals surface area contributed by atoms with Gasteiger partial charge in [-0.3, -0.25) is 9.59 Å². The van der Waals surface area contributed by atoms with Crippen LogP contribution in [0.5, 0.6) is 0 Å². The van der Waals surface area contributed by atoms with Gasteiger partial charge >= 0.3 is 0 Å². The summed E-state index contributed by atoms with van der Waals surface area (Å²) < 4.78 is 0. The van der Waals surface area contributed by atoms with Crippen molar-refractivity contribution in [1.82, 2.24) is 10.2 Å². The van der Waals surface area contributed by atoms with Crippen molar-refractivity contribution in [3.8, 4) is 6.07 Å². The van der Waals surface area contributed by atoms with Crippen molar-refractivity contribution in [2.45, 2.75) is 19.4 Å². The van der Waals surface area contributed by atoms with Gasteiger partial charge in [-0.1, -0.05) is 30.3 Å². The van der Waals surface area contributed by atoms with Crippen molar-refractivity contribution in [3.05, 3.63) is 35.9 Å². The highest BCUT2D eigenvalue weighted by Gasteiger charge is 2.23. The zero-order chi connectivity index (χ0) is 15.1. The van der Waals surface area contributed by atoms with E-state index in [9.17, 15) is 9.59 Å². The van der Waals surface area contributed by atoms with Gasteiger partial charge in [-0.05, 0) is 18.9 Å². The number of nitrogens with one attached hydrogen (secondary N) is 1. The molecule has 5 nitrogen and oxygen atoms in total. The molecule has 0 aliphatic heterocycles. The molecule has 0 saturated carbocycles. The third kappa shape index (κ3) is 4.39. The third-order valence-corrected chi connectivity index (χ3v) is 2.92. The van der Waals surface area contributed by atoms with Gasteiger partial charge in [0.15, 0.2) is 0 Å². The fraction of sp³-hybridized carbons (Fsp3) is 0.400. The normalized spacial score (nSPS) is 12.9. The van der Waals surface area contributed by atoms with Crippen LogP contribution in [-0.2, 0) is 16.0 Å². The third-order valence-electron chi connectivity index (χ3n) is 2.92. The number of likely N-dealkylation sites (N-methyl/N-ethyl adjacent to an activating group) is 1. The molecule has 2 atom stereocenters. The maximum Gasteiger partial charge on any atom is 0.244 e. The first kappa shape index (κ1) is 15.7. The minimum absolute atomic E-state index is 0.199. The lowest BCUT2D eigenvalue weighted by molar-refractivity contribution is -0.134. The van der Waals surface area contributed by atoms with Gasteiger partial charge in [0.1, 0.15) is 12.0 Å². The van der Waals surface area contributed by atoms with Crippen LogP contribution in [0, 0.1) is 17.2 Å². The molecule has 20 heavy (non-hydrogen) atoms. The Labute approximate surface area is 119 Å². The van der Waals surface area contributed by atoms with E-state index >= 15 is 0 Å². The topological polar surface area (TPSA) is 73.2 Å². The molecule has 0 spiro atoms. The van der Waals surface area contributed by atoms with E-state index in [0.29, 0.717) is 6.42 Å². The summed E-state index contributed by atoms with van der Waals surface area (Å²) in [6.45, 7) is 1.61. The average Bonchev–Trinajstić information content (AvgIpc) is 2.44. The van der Waals surface area contributed by atoms with Crippen LogP contribution in [0.1, 0.15) is 12.5 Å². The minimum Gasteiger partial charge on any atom is -0.347 e. The number of rotatable bonds is 5. The molecule has 0 fully saturated rings. The average molecular weight is 273 g/mol. The summed E-state index contributed by atoms with van der Waals surface area (Å²) in [5.41, 5.74) is 0.917. The van der Waals surface area contributed by atoms with Crippen LogP contribution in [0.4, 0.5) is 0 Å². The molecule has 2 amide bonds. The van der Waals surface area contributed by atoms with Crippen LogP contribution in [0.3, 0.4) is 0 Å². The van der Waals surface area contributed by atoms with E-state index in [2.05, 4.69) is 5.32 Å². The fourth-order valence-corrected chi connectivity index (χ4v) is 1.81. The highest BCUT2D eigenvalue weighted by molar-refractivity contribution is 5.89. The van der Waals surface area contributed by atoms with E-state index in [0.717, 1.165) is 5.56 Å². The Morgan fingerprint density at radius 2 is 1.90 bits per heavy atom. The molecule has 0 aliphatic rings. The molecule has 0 aromatic heterocycles. The van der Waals surface area contributed by atoms with Gasteiger partial charge in [-0.15, -0.1) is 0 Å². The van der Waals surface area contributed by atoms with Crippen molar-refractivity contribution < 1.29 is 9.59 Å². The Morgan fingerprint density at radius 1 is 1.30 bits per heavy atom. The molecule has 0 radical (unpaired) electrons. The highest BCUT2D eigenvalue weighted by Crippen LogP contribution is 2.08. The SMILES string of the molecule is CC(NC(=O)C(C#N)Cc1ccccc1)C(=O)N(C)C. The standard InChI is InChI=1S/C15H19N3O2/c1-11(15(20)18(2)3)17-14(19)13(10-16)9-12-7-5-4-6-8-12/h4-8,11,13H,9H2,1-3H3,(H,17,19). The molecule has 1 N–H and O–H groups in total. The van der Waals surface area contributed by atoms with E-state index in [1.54, 1.807) is 21.0 Å². The largest absolute Gasteiger partial charge is 0.347 e. The predicted octanol–water partition coefficient (Wildman–Crippen LogP) is 0.962. The van der Waals surface area contributed by atoms with Crippen molar-refractivity contribution in [2.24, 2.45) is 5.92 Å². The summed E-state index contributed by atoms with van der Waals surface area (Å²) in [4.78, 5) is 25.1. The van der Waals surface area contributed by atoms with Gasteiger partial charge in [-0.25, -0.2) is 0 Å². The molecular formula is C15H19N3O2. The summed E-state index contributed by atoms with van der Waals surface area (Å²) in [6, 6.07) is 10.7. The molecular weight excluding hydrogens is 254 g/mol. The highest BCUT2D eigenvalue weighted by atomic mass is 16.2. The van der Waals surface area contributed by atoms with E-state index in [1.165, 1.54) is 4.90 Å². The number of nitriles is 1. The number of carbonyl (C=O) groups excluding carboxylic acids is 2. The van der Waals surface area contributed by atoms with Gasteiger partial charge in [0.05, 0.1) is 6.07 Å². The molecule has 1 aromatic carbocycles. The van der Waals surface area contributed by atoms with Gasteiger partial charge in [0.25, 0.3) is 0 Å². The predicted molar refractivity (Wildman–Crippen MR) is 75.5 cm³/mol. The second-order valence-electron chi connectivity index (χ2n) is 4.83. The number of carbonyl (C=O) groups is 2. The fourth-order valence-electron chi connectivity index (χ4n) is 1.81. The van der Waals surface area contributed by atoms with Gasteiger partial charge in [0, 0.05) is 14.1 Å². The number of amides is 2. The van der Waals surface area contributed by atoms with E-state index in [1.807, 2.05) is 36.4 Å². The molecule has 0 bridgehead atoms. The summed E-state index contributed by atoms with van der Waals surface area (Å²) in [7, 11) is 3.24. The zero-order valence-electron chi connectivity index (χ0n) is 12.0. The maximum atomic E-state index is 12.0. The van der Waals surface area contributed by atoms with Crippen LogP contribution in [0.2, 0.25) is 0 Å². The first-order chi connectivity index (χ1) is 9.45. The van der Waals surface area contributed by atoms with E-state index in [-0.39, 0.29) is 5.91 Å². The van der Waals surface area contributed by atoms with E-state index in [4.69, 9.17) is 5.26 Å².